The number of nitrogens with one attached hydrogen (secondary N) is 1. The topological polar surface area (TPSA) is 69.5 Å². The third-order valence-electron chi connectivity index (χ3n) is 1.85. The van der Waals surface area contributed by atoms with Crippen LogP contribution in [0.1, 0.15) is 5.69 Å². The zero-order valence-electron chi connectivity index (χ0n) is 6.91. The van der Waals surface area contributed by atoms with Crippen LogP contribution in [0.5, 0.6) is 0 Å². The molecule has 0 unspecified atom stereocenters. The number of H-pyrrole nitrogens is 1. The lowest BCUT2D eigenvalue weighted by Gasteiger charge is -1.98. The summed E-state index contributed by atoms with van der Waals surface area (Å²) in [5.74, 6) is 0. The maximum atomic E-state index is 11.6. The van der Waals surface area contributed by atoms with E-state index in [2.05, 4.69) is 10.2 Å². The zero-order chi connectivity index (χ0) is 10.1. The van der Waals surface area contributed by atoms with Crippen LogP contribution in [-0.4, -0.2) is 10.2 Å². The van der Waals surface area contributed by atoms with E-state index in [0.29, 0.717) is 15.9 Å². The van der Waals surface area contributed by atoms with Gasteiger partial charge < -0.3 is 0 Å². The molecular weight excluding hydrogens is 202 g/mol. The molecule has 0 aliphatic carbocycles. The number of halogens is 1. The average molecular weight is 206 g/mol. The lowest BCUT2D eigenvalue weighted by Crippen LogP contribution is -2.10. The molecule has 4 nitrogen and oxygen atoms in total. The fourth-order valence-electron chi connectivity index (χ4n) is 1.21. The number of aromatic amines is 1. The zero-order valence-corrected chi connectivity index (χ0v) is 7.67. The summed E-state index contributed by atoms with van der Waals surface area (Å²) in [6.45, 7) is 0. The van der Waals surface area contributed by atoms with Gasteiger partial charge in [-0.3, -0.25) is 9.89 Å². The first-order chi connectivity index (χ1) is 6.74. The Hall–Kier alpha value is -1.86. The molecule has 0 saturated heterocycles. The second kappa shape index (κ2) is 3.13. The summed E-state index contributed by atoms with van der Waals surface area (Å²) >= 11 is 5.83. The van der Waals surface area contributed by atoms with Crippen LogP contribution in [0, 0.1) is 11.3 Å². The van der Waals surface area contributed by atoms with Gasteiger partial charge >= 0.3 is 0 Å². The smallest absolute Gasteiger partial charge is 0.227 e. The number of hydrogen-bond donors (Lipinski definition) is 1. The summed E-state index contributed by atoms with van der Waals surface area (Å²) in [6.07, 6.45) is 0. The lowest BCUT2D eigenvalue weighted by atomic mass is 10.2. The summed E-state index contributed by atoms with van der Waals surface area (Å²) in [4.78, 5) is 11.6. The Balaban J connectivity index is 3.03. The van der Waals surface area contributed by atoms with Gasteiger partial charge in [-0.1, -0.05) is 17.7 Å². The Morgan fingerprint density at radius 1 is 1.50 bits per heavy atom. The van der Waals surface area contributed by atoms with Crippen molar-refractivity contribution >= 4 is 22.5 Å². The molecule has 0 aliphatic heterocycles. The Kier molecular flexibility index (Phi) is 1.95. The highest BCUT2D eigenvalue weighted by Crippen LogP contribution is 2.17. The summed E-state index contributed by atoms with van der Waals surface area (Å²) in [7, 11) is 0. The number of aromatic nitrogens is 2. The van der Waals surface area contributed by atoms with Gasteiger partial charge in [0.1, 0.15) is 6.07 Å². The molecule has 0 saturated carbocycles. The Labute approximate surface area is 83.7 Å². The molecule has 2 aromatic rings. The van der Waals surface area contributed by atoms with Gasteiger partial charge in [-0.15, -0.1) is 0 Å². The van der Waals surface area contributed by atoms with Crippen LogP contribution in [0.15, 0.2) is 23.0 Å². The summed E-state index contributed by atoms with van der Waals surface area (Å²) in [6, 6.07) is 6.68. The van der Waals surface area contributed by atoms with Gasteiger partial charge in [0, 0.05) is 0 Å². The quantitative estimate of drug-likeness (QED) is 0.708. The van der Waals surface area contributed by atoms with E-state index in [1.54, 1.807) is 24.3 Å². The minimum atomic E-state index is -0.438. The van der Waals surface area contributed by atoms with Crippen molar-refractivity contribution in [3.63, 3.8) is 0 Å². The highest BCUT2D eigenvalue weighted by Gasteiger charge is 2.08. The van der Waals surface area contributed by atoms with Crippen molar-refractivity contribution in [1.82, 2.24) is 10.2 Å². The number of benzene rings is 1. The van der Waals surface area contributed by atoms with Gasteiger partial charge in [0.2, 0.25) is 11.1 Å². The molecule has 1 aromatic heterocycles. The van der Waals surface area contributed by atoms with Crippen molar-refractivity contribution in [2.45, 2.75) is 0 Å². The van der Waals surface area contributed by atoms with E-state index >= 15 is 0 Å². The van der Waals surface area contributed by atoms with Crippen LogP contribution in [0.4, 0.5) is 0 Å². The van der Waals surface area contributed by atoms with Gasteiger partial charge in [-0.2, -0.15) is 10.4 Å². The molecule has 2 rings (SSSR count). The molecule has 0 fully saturated rings. The first-order valence-corrected chi connectivity index (χ1v) is 4.19. The number of nitrogens with zero attached hydrogens (tertiary/aromatic N) is 2. The molecule has 0 aliphatic rings. The molecule has 68 valence electrons. The molecule has 1 aromatic carbocycles. The van der Waals surface area contributed by atoms with Crippen molar-refractivity contribution in [2.24, 2.45) is 0 Å². The third kappa shape index (κ3) is 1.15. The van der Waals surface area contributed by atoms with Crippen LogP contribution in [0.3, 0.4) is 0 Å². The van der Waals surface area contributed by atoms with E-state index in [1.807, 2.05) is 0 Å². The standard InChI is InChI=1S/C9H4ClN3O/c10-5-2-1-3-6-8(5)9(14)7(4-11)13-12-6/h1-3H,(H,12,14). The highest BCUT2D eigenvalue weighted by molar-refractivity contribution is 6.35. The van der Waals surface area contributed by atoms with Gasteiger partial charge in [0.15, 0.2) is 0 Å². The first-order valence-electron chi connectivity index (χ1n) is 3.81. The molecule has 1 heterocycles. The van der Waals surface area contributed by atoms with Crippen LogP contribution in [0.2, 0.25) is 5.02 Å². The molecule has 0 radical (unpaired) electrons. The maximum Gasteiger partial charge on any atom is 0.227 e. The predicted molar refractivity (Wildman–Crippen MR) is 52.1 cm³/mol. The fourth-order valence-corrected chi connectivity index (χ4v) is 1.47. The second-order valence-corrected chi connectivity index (χ2v) is 3.08. The molecule has 0 bridgehead atoms. The van der Waals surface area contributed by atoms with Gasteiger partial charge in [0.05, 0.1) is 15.9 Å². The van der Waals surface area contributed by atoms with Gasteiger partial charge in [-0.05, 0) is 12.1 Å². The monoisotopic (exact) mass is 205 g/mol. The van der Waals surface area contributed by atoms with E-state index in [1.165, 1.54) is 0 Å². The molecule has 5 heteroatoms. The Morgan fingerprint density at radius 3 is 3.00 bits per heavy atom. The number of hydrogen-bond acceptors (Lipinski definition) is 3. The Morgan fingerprint density at radius 2 is 2.29 bits per heavy atom. The number of rotatable bonds is 0. The van der Waals surface area contributed by atoms with E-state index in [4.69, 9.17) is 16.9 Å². The molecule has 0 atom stereocenters. The highest BCUT2D eigenvalue weighted by atomic mass is 35.5. The van der Waals surface area contributed by atoms with Crippen LogP contribution in [0.25, 0.3) is 10.9 Å². The van der Waals surface area contributed by atoms with Crippen LogP contribution < -0.4 is 5.43 Å². The van der Waals surface area contributed by atoms with Crippen LogP contribution in [-0.2, 0) is 0 Å². The van der Waals surface area contributed by atoms with E-state index < -0.39 is 5.43 Å². The summed E-state index contributed by atoms with van der Waals surface area (Å²) in [5.41, 5.74) is -0.0843. The first kappa shape index (κ1) is 8.73. The van der Waals surface area contributed by atoms with Crippen molar-refractivity contribution in [1.29, 1.82) is 5.26 Å². The van der Waals surface area contributed by atoms with Crippen molar-refractivity contribution in [3.05, 3.63) is 39.1 Å². The lowest BCUT2D eigenvalue weighted by molar-refractivity contribution is 1.04. The molecule has 0 spiro atoms. The largest absolute Gasteiger partial charge is 0.286 e. The molecule has 1 N–H and O–H groups in total. The molecule has 0 amide bonds. The molecular formula is C9H4ClN3O. The maximum absolute atomic E-state index is 11.6. The summed E-state index contributed by atoms with van der Waals surface area (Å²) < 4.78 is 0. The van der Waals surface area contributed by atoms with Gasteiger partial charge in [0.25, 0.3) is 0 Å². The van der Waals surface area contributed by atoms with E-state index in [0.717, 1.165) is 0 Å². The van der Waals surface area contributed by atoms with E-state index in [-0.39, 0.29) is 5.69 Å². The number of fused-ring (bicyclic) bond motifs is 1. The Bertz CT molecular complexity index is 597. The third-order valence-corrected chi connectivity index (χ3v) is 2.16. The molecule has 14 heavy (non-hydrogen) atoms. The van der Waals surface area contributed by atoms with Crippen molar-refractivity contribution in [2.75, 3.05) is 0 Å². The SMILES string of the molecule is N#Cc1n[nH]c2cccc(Cl)c2c1=O. The van der Waals surface area contributed by atoms with E-state index in [9.17, 15) is 4.79 Å². The van der Waals surface area contributed by atoms with Crippen molar-refractivity contribution in [3.8, 4) is 6.07 Å². The predicted octanol–water partition coefficient (Wildman–Crippen LogP) is 1.45. The minimum Gasteiger partial charge on any atom is -0.286 e. The summed E-state index contributed by atoms with van der Waals surface area (Å²) in [5, 5.41) is 15.4. The van der Waals surface area contributed by atoms with Crippen molar-refractivity contribution < 1.29 is 0 Å². The fraction of sp³-hybridized carbons (Fsp3) is 0. The average Bonchev–Trinajstić information content (AvgIpc) is 2.18. The van der Waals surface area contributed by atoms with Crippen LogP contribution >= 0.6 is 11.6 Å². The number of nitriles is 1. The normalized spacial score (nSPS) is 10.0. The second-order valence-electron chi connectivity index (χ2n) is 2.68. The minimum absolute atomic E-state index is 0.175. The van der Waals surface area contributed by atoms with Gasteiger partial charge in [-0.25, -0.2) is 0 Å².